The first-order valence-corrected chi connectivity index (χ1v) is 15.1. The summed E-state index contributed by atoms with van der Waals surface area (Å²) in [6, 6.07) is -0.849. The quantitative estimate of drug-likeness (QED) is 0.503. The van der Waals surface area contributed by atoms with Crippen molar-refractivity contribution in [3.8, 4) is 0 Å². The maximum Gasteiger partial charge on any atom is 0.265 e. The highest BCUT2D eigenvalue weighted by molar-refractivity contribution is 7.11. The molecule has 0 aromatic carbocycles. The lowest BCUT2D eigenvalue weighted by molar-refractivity contribution is -0.152. The summed E-state index contributed by atoms with van der Waals surface area (Å²) in [7, 11) is 1.55. The fraction of sp³-hybridized carbons (Fsp3) is 0.750. The normalized spacial score (nSPS) is 27.0. The second-order valence-electron chi connectivity index (χ2n) is 12.6. The molecule has 10 nitrogen and oxygen atoms in total. The number of thiazole rings is 1. The Kier molecular flexibility index (Phi) is 7.76. The molecule has 214 valence electrons. The lowest BCUT2D eigenvalue weighted by Gasteiger charge is -2.50. The molecule has 2 aliphatic carbocycles. The van der Waals surface area contributed by atoms with E-state index in [9.17, 15) is 19.2 Å². The monoisotopic (exact) mass is 559 g/mol. The van der Waals surface area contributed by atoms with Crippen LogP contribution in [-0.4, -0.2) is 89.9 Å². The van der Waals surface area contributed by atoms with E-state index in [-0.39, 0.29) is 47.6 Å². The number of likely N-dealkylation sites (N-methyl/N-ethyl adjacent to an activating group) is 1. The van der Waals surface area contributed by atoms with Crippen LogP contribution >= 0.6 is 11.3 Å². The largest absolute Gasteiger partial charge is 0.373 e. The zero-order chi connectivity index (χ0) is 27.9. The number of nitrogens with one attached hydrogen (secondary N) is 2. The van der Waals surface area contributed by atoms with Crippen molar-refractivity contribution in [1.29, 1.82) is 0 Å². The topological polar surface area (TPSA) is 121 Å². The molecule has 5 rings (SSSR count). The van der Waals surface area contributed by atoms with E-state index in [4.69, 9.17) is 4.74 Å². The highest BCUT2D eigenvalue weighted by Gasteiger charge is 2.62. The number of rotatable bonds is 8. The van der Waals surface area contributed by atoms with Crippen molar-refractivity contribution in [3.05, 3.63) is 16.6 Å². The molecule has 2 saturated heterocycles. The van der Waals surface area contributed by atoms with Crippen LogP contribution < -0.4 is 10.6 Å². The number of amides is 4. The van der Waals surface area contributed by atoms with Gasteiger partial charge in [-0.15, -0.1) is 11.3 Å². The molecular weight excluding hydrogens is 518 g/mol. The van der Waals surface area contributed by atoms with Gasteiger partial charge in [-0.2, -0.15) is 0 Å². The Morgan fingerprint density at radius 2 is 1.74 bits per heavy atom. The number of likely N-dealkylation sites (tertiary alicyclic amines) is 2. The van der Waals surface area contributed by atoms with Crippen LogP contribution in [0.5, 0.6) is 0 Å². The van der Waals surface area contributed by atoms with Gasteiger partial charge in [0, 0.05) is 44.6 Å². The molecule has 3 heterocycles. The molecule has 0 radical (unpaired) electrons. The average molecular weight is 560 g/mol. The number of ether oxygens (including phenoxy) is 1. The maximum absolute atomic E-state index is 13.9. The highest BCUT2D eigenvalue weighted by atomic mass is 32.1. The summed E-state index contributed by atoms with van der Waals surface area (Å²) in [4.78, 5) is 61.1. The summed E-state index contributed by atoms with van der Waals surface area (Å²) in [5.41, 5.74) is 1.10. The predicted molar refractivity (Wildman–Crippen MR) is 146 cm³/mol. The third-order valence-electron chi connectivity index (χ3n) is 9.28. The van der Waals surface area contributed by atoms with Gasteiger partial charge < -0.3 is 25.2 Å². The second-order valence-corrected chi connectivity index (χ2v) is 13.5. The molecule has 11 heteroatoms. The zero-order valence-electron chi connectivity index (χ0n) is 23.4. The lowest BCUT2D eigenvalue weighted by atomic mass is 9.70. The number of carbonyl (C=O) groups excluding carboxylic acids is 4. The van der Waals surface area contributed by atoms with Gasteiger partial charge in [-0.05, 0) is 31.6 Å². The van der Waals surface area contributed by atoms with Gasteiger partial charge in [0.15, 0.2) is 0 Å². The summed E-state index contributed by atoms with van der Waals surface area (Å²) in [5, 5.41) is 5.65. The first kappa shape index (κ1) is 28.0. The van der Waals surface area contributed by atoms with Crippen molar-refractivity contribution in [1.82, 2.24) is 25.4 Å². The van der Waals surface area contributed by atoms with E-state index in [0.29, 0.717) is 24.5 Å². The van der Waals surface area contributed by atoms with E-state index >= 15 is 0 Å². The highest BCUT2D eigenvalue weighted by Crippen LogP contribution is 2.54. The minimum Gasteiger partial charge on any atom is -0.373 e. The Balaban J connectivity index is 1.31. The number of carbonyl (C=O) groups is 4. The molecular formula is C28H41N5O5S. The Labute approximate surface area is 234 Å². The van der Waals surface area contributed by atoms with Gasteiger partial charge in [0.05, 0.1) is 29.8 Å². The molecule has 0 unspecified atom stereocenters. The fourth-order valence-corrected chi connectivity index (χ4v) is 7.24. The van der Waals surface area contributed by atoms with Crippen LogP contribution in [0.1, 0.15) is 69.0 Å². The molecule has 1 spiro atoms. The van der Waals surface area contributed by atoms with Gasteiger partial charge in [0.2, 0.25) is 17.7 Å². The summed E-state index contributed by atoms with van der Waals surface area (Å²) >= 11 is 1.27. The average Bonchev–Trinajstić information content (AvgIpc) is 3.28. The van der Waals surface area contributed by atoms with E-state index in [1.54, 1.807) is 23.7 Å². The molecule has 0 bridgehead atoms. The Morgan fingerprint density at radius 1 is 1.08 bits per heavy atom. The molecule has 1 aromatic heterocycles. The molecule has 2 N–H and O–H groups in total. The zero-order valence-corrected chi connectivity index (χ0v) is 24.2. The van der Waals surface area contributed by atoms with Gasteiger partial charge in [-0.3, -0.25) is 24.2 Å². The van der Waals surface area contributed by atoms with E-state index in [1.165, 1.54) is 17.8 Å². The molecule has 4 aliphatic rings. The number of nitrogens with zero attached hydrogens (tertiary/aromatic N) is 3. The van der Waals surface area contributed by atoms with Crippen molar-refractivity contribution in [2.45, 2.75) is 77.5 Å². The molecule has 4 amide bonds. The van der Waals surface area contributed by atoms with Crippen molar-refractivity contribution in [2.75, 3.05) is 33.2 Å². The fourth-order valence-electron chi connectivity index (χ4n) is 6.65. The molecule has 1 aromatic rings. The minimum absolute atomic E-state index is 0.0221. The van der Waals surface area contributed by atoms with Crippen LogP contribution in [0.4, 0.5) is 0 Å². The first-order valence-electron chi connectivity index (χ1n) is 14.2. The van der Waals surface area contributed by atoms with Crippen LogP contribution in [0.2, 0.25) is 0 Å². The Morgan fingerprint density at radius 3 is 2.33 bits per heavy atom. The van der Waals surface area contributed by atoms with Crippen LogP contribution in [0.25, 0.3) is 0 Å². The van der Waals surface area contributed by atoms with Gasteiger partial charge >= 0.3 is 0 Å². The molecule has 2 aliphatic heterocycles. The van der Waals surface area contributed by atoms with Crippen molar-refractivity contribution < 1.29 is 23.9 Å². The second kappa shape index (κ2) is 10.8. The molecule has 4 fully saturated rings. The van der Waals surface area contributed by atoms with Crippen LogP contribution in [-0.2, 0) is 19.1 Å². The van der Waals surface area contributed by atoms with Gasteiger partial charge in [0.1, 0.15) is 10.9 Å². The smallest absolute Gasteiger partial charge is 0.265 e. The third-order valence-corrected chi connectivity index (χ3v) is 10.0. The minimum atomic E-state index is -0.849. The summed E-state index contributed by atoms with van der Waals surface area (Å²) in [5.74, 6) is -1.13. The Hall–Kier alpha value is -2.53. The lowest BCUT2D eigenvalue weighted by Crippen LogP contribution is -2.65. The van der Waals surface area contributed by atoms with Crippen LogP contribution in [0, 0.1) is 22.7 Å². The predicted octanol–water partition coefficient (Wildman–Crippen LogP) is 2.06. The van der Waals surface area contributed by atoms with Crippen molar-refractivity contribution >= 4 is 35.0 Å². The molecule has 39 heavy (non-hydrogen) atoms. The van der Waals surface area contributed by atoms with Crippen LogP contribution in [0.15, 0.2) is 11.7 Å². The summed E-state index contributed by atoms with van der Waals surface area (Å²) in [6.07, 6.45) is 7.34. The van der Waals surface area contributed by atoms with Crippen molar-refractivity contribution in [2.24, 2.45) is 22.7 Å². The van der Waals surface area contributed by atoms with E-state index in [0.717, 1.165) is 32.1 Å². The summed E-state index contributed by atoms with van der Waals surface area (Å²) < 4.78 is 6.24. The van der Waals surface area contributed by atoms with Gasteiger partial charge in [0.25, 0.3) is 5.91 Å². The summed E-state index contributed by atoms with van der Waals surface area (Å²) in [6.45, 7) is 7.52. The van der Waals surface area contributed by atoms with Gasteiger partial charge in [-0.25, -0.2) is 0 Å². The van der Waals surface area contributed by atoms with Crippen molar-refractivity contribution in [3.63, 3.8) is 0 Å². The molecule has 2 saturated carbocycles. The SMILES string of the molecule is CNC(=O)[C@@H](NC(=O)[C@@H]1CN(C(=O)c2cncs2)CC12CN(C(=O)[C@H]1CC1(C)C)C2)[C@@H](C)OC1CCCCC1. The number of hydrogen-bond donors (Lipinski definition) is 2. The number of hydrogen-bond acceptors (Lipinski definition) is 7. The third kappa shape index (κ3) is 5.57. The van der Waals surface area contributed by atoms with E-state index in [1.807, 2.05) is 11.8 Å². The van der Waals surface area contributed by atoms with Gasteiger partial charge in [-0.1, -0.05) is 33.1 Å². The van der Waals surface area contributed by atoms with Crippen LogP contribution in [0.3, 0.4) is 0 Å². The first-order chi connectivity index (χ1) is 18.5. The standard InChI is InChI=1S/C28H41N5O5S/c1-17(38-18-8-6-5-7-9-18)22(24(35)29-4)31-23(34)20-12-32(26(37)21-11-30-16-39-21)13-28(20)14-33(15-28)25(36)19-10-27(19,2)3/h11,16-20,22H,5-10,12-15H2,1-4H3,(H,29,35)(H,31,34)/t17-,19-,20+,22+/m1/s1. The maximum atomic E-state index is 13.9. The van der Waals surface area contributed by atoms with E-state index < -0.39 is 23.5 Å². The number of aromatic nitrogens is 1. The molecule has 4 atom stereocenters. The van der Waals surface area contributed by atoms with E-state index in [2.05, 4.69) is 29.5 Å². The Bertz CT molecular complexity index is 1100.